The van der Waals surface area contributed by atoms with Crippen molar-refractivity contribution >= 4 is 21.2 Å². The summed E-state index contributed by atoms with van der Waals surface area (Å²) in [6, 6.07) is 4.37. The molecule has 0 bridgehead atoms. The third-order valence-electron chi connectivity index (χ3n) is 3.80. The van der Waals surface area contributed by atoms with Crippen molar-refractivity contribution in [3.8, 4) is 0 Å². The summed E-state index contributed by atoms with van der Waals surface area (Å²) in [5, 5.41) is 20.8. The molecule has 1 atom stereocenters. The normalized spacial score (nSPS) is 18.0. The van der Waals surface area contributed by atoms with Crippen molar-refractivity contribution in [2.24, 2.45) is 0 Å². The molecule has 1 aliphatic heterocycles. The van der Waals surface area contributed by atoms with E-state index in [1.165, 1.54) is 12.1 Å². The minimum absolute atomic E-state index is 0.258. The Kier molecular flexibility index (Phi) is 5.23. The first-order chi connectivity index (χ1) is 10.7. The lowest BCUT2D eigenvalue weighted by Gasteiger charge is -2.36. The second kappa shape index (κ2) is 6.81. The SMILES string of the molecule is C[C@@H](O)CN1CCN(c2cccc(S(C)(=O)=O)c2[N+](=O)[O-])CC1. The van der Waals surface area contributed by atoms with Gasteiger partial charge in [-0.2, -0.15) is 0 Å². The summed E-state index contributed by atoms with van der Waals surface area (Å²) >= 11 is 0. The third kappa shape index (κ3) is 4.18. The number of rotatable bonds is 5. The van der Waals surface area contributed by atoms with E-state index >= 15 is 0 Å². The van der Waals surface area contributed by atoms with Gasteiger partial charge in [-0.15, -0.1) is 0 Å². The van der Waals surface area contributed by atoms with Gasteiger partial charge in [0.2, 0.25) is 0 Å². The summed E-state index contributed by atoms with van der Waals surface area (Å²) in [6.45, 7) is 4.67. The van der Waals surface area contributed by atoms with Crippen LogP contribution in [0.1, 0.15) is 6.92 Å². The van der Waals surface area contributed by atoms with Crippen LogP contribution in [-0.2, 0) is 9.84 Å². The number of hydrogen-bond donors (Lipinski definition) is 1. The molecule has 1 saturated heterocycles. The second-order valence-electron chi connectivity index (χ2n) is 5.79. The van der Waals surface area contributed by atoms with Gasteiger partial charge in [0.15, 0.2) is 9.84 Å². The van der Waals surface area contributed by atoms with E-state index in [-0.39, 0.29) is 10.6 Å². The number of nitro benzene ring substituents is 1. The Balaban J connectivity index is 2.29. The number of aliphatic hydroxyl groups is 1. The number of aliphatic hydroxyl groups excluding tert-OH is 1. The zero-order valence-electron chi connectivity index (χ0n) is 13.2. The van der Waals surface area contributed by atoms with E-state index in [2.05, 4.69) is 4.90 Å². The van der Waals surface area contributed by atoms with Crippen LogP contribution in [-0.4, -0.2) is 68.4 Å². The molecule has 0 unspecified atom stereocenters. The number of benzene rings is 1. The van der Waals surface area contributed by atoms with E-state index in [9.17, 15) is 23.6 Å². The first-order valence-electron chi connectivity index (χ1n) is 7.33. The number of anilines is 1. The van der Waals surface area contributed by atoms with Gasteiger partial charge in [-0.25, -0.2) is 8.42 Å². The van der Waals surface area contributed by atoms with E-state index < -0.39 is 20.9 Å². The molecule has 0 aromatic heterocycles. The smallest absolute Gasteiger partial charge is 0.311 e. The molecule has 1 aromatic carbocycles. The molecular formula is C14H21N3O5S. The van der Waals surface area contributed by atoms with Gasteiger partial charge in [0, 0.05) is 39.0 Å². The molecule has 1 aromatic rings. The Bertz CT molecular complexity index is 682. The van der Waals surface area contributed by atoms with Crippen molar-refractivity contribution in [1.29, 1.82) is 0 Å². The number of β-amino-alcohol motifs (C(OH)–C–C–N with tert-alkyl or cyclic N) is 1. The van der Waals surface area contributed by atoms with Crippen LogP contribution in [0.15, 0.2) is 23.1 Å². The summed E-state index contributed by atoms with van der Waals surface area (Å²) in [5.74, 6) is 0. The fourth-order valence-corrected chi connectivity index (χ4v) is 3.65. The van der Waals surface area contributed by atoms with E-state index in [4.69, 9.17) is 0 Å². The van der Waals surface area contributed by atoms with Crippen LogP contribution < -0.4 is 4.90 Å². The van der Waals surface area contributed by atoms with E-state index in [0.717, 1.165) is 6.26 Å². The average molecular weight is 343 g/mol. The number of nitro groups is 1. The zero-order chi connectivity index (χ0) is 17.2. The van der Waals surface area contributed by atoms with Gasteiger partial charge >= 0.3 is 5.69 Å². The van der Waals surface area contributed by atoms with Crippen LogP contribution in [0.25, 0.3) is 0 Å². The highest BCUT2D eigenvalue weighted by atomic mass is 32.2. The Labute approximate surface area is 135 Å². The van der Waals surface area contributed by atoms with Gasteiger partial charge < -0.3 is 10.0 Å². The first-order valence-corrected chi connectivity index (χ1v) is 9.22. The molecule has 1 heterocycles. The summed E-state index contributed by atoms with van der Waals surface area (Å²) < 4.78 is 23.6. The van der Waals surface area contributed by atoms with Crippen molar-refractivity contribution < 1.29 is 18.4 Å². The van der Waals surface area contributed by atoms with Crippen LogP contribution >= 0.6 is 0 Å². The topological polar surface area (TPSA) is 104 Å². The fraction of sp³-hybridized carbons (Fsp3) is 0.571. The number of para-hydroxylation sites is 1. The van der Waals surface area contributed by atoms with Gasteiger partial charge in [-0.05, 0) is 19.1 Å². The highest BCUT2D eigenvalue weighted by Crippen LogP contribution is 2.35. The highest BCUT2D eigenvalue weighted by molar-refractivity contribution is 7.90. The summed E-state index contributed by atoms with van der Waals surface area (Å²) in [7, 11) is -3.68. The Morgan fingerprint density at radius 1 is 1.30 bits per heavy atom. The van der Waals surface area contributed by atoms with Crippen molar-refractivity contribution in [2.45, 2.75) is 17.9 Å². The van der Waals surface area contributed by atoms with Crippen LogP contribution in [0, 0.1) is 10.1 Å². The predicted molar refractivity (Wildman–Crippen MR) is 86.5 cm³/mol. The maximum Gasteiger partial charge on any atom is 0.311 e. The highest BCUT2D eigenvalue weighted by Gasteiger charge is 2.30. The number of piperazine rings is 1. The minimum Gasteiger partial charge on any atom is -0.392 e. The van der Waals surface area contributed by atoms with Crippen LogP contribution in [0.5, 0.6) is 0 Å². The van der Waals surface area contributed by atoms with Crippen molar-refractivity contribution in [3.05, 3.63) is 28.3 Å². The van der Waals surface area contributed by atoms with Crippen LogP contribution in [0.3, 0.4) is 0 Å². The minimum atomic E-state index is -3.68. The molecule has 0 amide bonds. The number of nitrogens with zero attached hydrogens (tertiary/aromatic N) is 3. The molecule has 8 nitrogen and oxygen atoms in total. The van der Waals surface area contributed by atoms with E-state index in [1.807, 2.05) is 4.90 Å². The van der Waals surface area contributed by atoms with Gasteiger partial charge in [0.1, 0.15) is 10.6 Å². The lowest BCUT2D eigenvalue weighted by atomic mass is 10.2. The lowest BCUT2D eigenvalue weighted by molar-refractivity contribution is -0.387. The molecule has 0 saturated carbocycles. The monoisotopic (exact) mass is 343 g/mol. The van der Waals surface area contributed by atoms with Gasteiger partial charge in [0.05, 0.1) is 11.0 Å². The van der Waals surface area contributed by atoms with Gasteiger partial charge in [-0.3, -0.25) is 15.0 Å². The molecule has 1 fully saturated rings. The Hall–Kier alpha value is -1.71. The fourth-order valence-electron chi connectivity index (χ4n) is 2.79. The molecule has 1 N–H and O–H groups in total. The molecule has 0 spiro atoms. The molecule has 9 heteroatoms. The van der Waals surface area contributed by atoms with E-state index in [1.54, 1.807) is 13.0 Å². The average Bonchev–Trinajstić information content (AvgIpc) is 2.45. The molecule has 2 rings (SSSR count). The summed E-state index contributed by atoms with van der Waals surface area (Å²) in [4.78, 5) is 14.4. The Morgan fingerprint density at radius 3 is 2.39 bits per heavy atom. The van der Waals surface area contributed by atoms with Gasteiger partial charge in [0.25, 0.3) is 0 Å². The van der Waals surface area contributed by atoms with E-state index in [0.29, 0.717) is 38.4 Å². The molecule has 128 valence electrons. The molecule has 1 aliphatic rings. The third-order valence-corrected chi connectivity index (χ3v) is 4.92. The van der Waals surface area contributed by atoms with Crippen LogP contribution in [0.2, 0.25) is 0 Å². The van der Waals surface area contributed by atoms with Crippen molar-refractivity contribution in [3.63, 3.8) is 0 Å². The first kappa shape index (κ1) is 17.6. The number of hydrogen-bond acceptors (Lipinski definition) is 7. The maximum atomic E-state index is 11.8. The largest absolute Gasteiger partial charge is 0.392 e. The summed E-state index contributed by atoms with van der Waals surface area (Å²) in [6.07, 6.45) is 0.545. The van der Waals surface area contributed by atoms with Crippen molar-refractivity contribution in [2.75, 3.05) is 43.9 Å². The summed E-state index contributed by atoms with van der Waals surface area (Å²) in [5.41, 5.74) is -0.0337. The van der Waals surface area contributed by atoms with Crippen LogP contribution in [0.4, 0.5) is 11.4 Å². The standard InChI is InChI=1S/C14H21N3O5S/c1-11(18)10-15-6-8-16(9-7-15)12-4-3-5-13(23(2,21)22)14(12)17(19)20/h3-5,11,18H,6-10H2,1-2H3/t11-/m1/s1. The predicted octanol–water partition coefficient (Wildman–Crippen LogP) is 0.501. The van der Waals surface area contributed by atoms with Crippen molar-refractivity contribution in [1.82, 2.24) is 4.90 Å². The zero-order valence-corrected chi connectivity index (χ0v) is 14.0. The Morgan fingerprint density at radius 2 is 1.91 bits per heavy atom. The quantitative estimate of drug-likeness (QED) is 0.613. The lowest BCUT2D eigenvalue weighted by Crippen LogP contribution is -2.48. The maximum absolute atomic E-state index is 11.8. The molecule has 23 heavy (non-hydrogen) atoms. The molecular weight excluding hydrogens is 322 g/mol. The second-order valence-corrected chi connectivity index (χ2v) is 7.77. The number of sulfone groups is 1. The molecule has 0 aliphatic carbocycles. The molecule has 0 radical (unpaired) electrons. The van der Waals surface area contributed by atoms with Gasteiger partial charge in [-0.1, -0.05) is 6.07 Å².